The number of pyridine rings is 1. The number of hydrogen-bond acceptors (Lipinski definition) is 4. The van der Waals surface area contributed by atoms with Crippen molar-refractivity contribution in [3.63, 3.8) is 0 Å². The summed E-state index contributed by atoms with van der Waals surface area (Å²) in [4.78, 5) is 4.37. The second-order valence-electron chi connectivity index (χ2n) is 5.44. The lowest BCUT2D eigenvalue weighted by molar-refractivity contribution is 0.475. The fourth-order valence-electron chi connectivity index (χ4n) is 2.84. The molecule has 0 bridgehead atoms. The van der Waals surface area contributed by atoms with Crippen molar-refractivity contribution in [2.75, 3.05) is 11.5 Å². The van der Waals surface area contributed by atoms with Gasteiger partial charge in [-0.05, 0) is 47.4 Å². The van der Waals surface area contributed by atoms with Crippen molar-refractivity contribution in [2.24, 2.45) is 0 Å². The Morgan fingerprint density at radius 1 is 1.00 bits per heavy atom. The number of nitrogen functional groups attached to an aromatic ring is 2. The summed E-state index contributed by atoms with van der Waals surface area (Å²) in [5, 5.41) is 9.50. The number of aromatic hydroxyl groups is 1. The molecule has 116 valence electrons. The molecule has 3 rings (SSSR count). The predicted molar refractivity (Wildman–Crippen MR) is 95.0 cm³/mol. The van der Waals surface area contributed by atoms with Crippen molar-refractivity contribution in [3.05, 3.63) is 60.3 Å². The molecule has 23 heavy (non-hydrogen) atoms. The van der Waals surface area contributed by atoms with Gasteiger partial charge in [0.2, 0.25) is 0 Å². The monoisotopic (exact) mass is 305 g/mol. The van der Waals surface area contributed by atoms with E-state index in [1.807, 2.05) is 36.4 Å². The van der Waals surface area contributed by atoms with Crippen LogP contribution in [0.5, 0.6) is 5.75 Å². The zero-order valence-electron chi connectivity index (χ0n) is 13.0. The van der Waals surface area contributed by atoms with Crippen LogP contribution in [0.2, 0.25) is 0 Å². The third-order valence-corrected chi connectivity index (χ3v) is 3.92. The molecule has 1 aromatic heterocycles. The van der Waals surface area contributed by atoms with Crippen LogP contribution in [0.1, 0.15) is 12.5 Å². The number of nitrogens with two attached hydrogens (primary N) is 2. The van der Waals surface area contributed by atoms with Crippen LogP contribution in [0, 0.1) is 0 Å². The van der Waals surface area contributed by atoms with E-state index < -0.39 is 0 Å². The first-order chi connectivity index (χ1) is 11.1. The van der Waals surface area contributed by atoms with Crippen LogP contribution in [-0.4, -0.2) is 10.1 Å². The molecule has 0 atom stereocenters. The Morgan fingerprint density at radius 2 is 1.74 bits per heavy atom. The van der Waals surface area contributed by atoms with E-state index in [4.69, 9.17) is 11.5 Å². The number of nitrogens with zero attached hydrogens (tertiary/aromatic N) is 1. The van der Waals surface area contributed by atoms with E-state index in [-0.39, 0.29) is 5.75 Å². The van der Waals surface area contributed by atoms with Crippen LogP contribution >= 0.6 is 0 Å². The smallest absolute Gasteiger partial charge is 0.131 e. The van der Waals surface area contributed by atoms with Gasteiger partial charge in [-0.3, -0.25) is 0 Å². The number of aromatic nitrogens is 1. The Hall–Kier alpha value is -3.01. The minimum absolute atomic E-state index is 0.227. The van der Waals surface area contributed by atoms with Crippen molar-refractivity contribution in [2.45, 2.75) is 13.3 Å². The normalized spacial score (nSPS) is 10.7. The molecule has 4 heteroatoms. The third-order valence-electron chi connectivity index (χ3n) is 3.92. The highest BCUT2D eigenvalue weighted by atomic mass is 16.3. The molecule has 0 aliphatic carbocycles. The summed E-state index contributed by atoms with van der Waals surface area (Å²) in [6, 6.07) is 14.8. The van der Waals surface area contributed by atoms with E-state index >= 15 is 0 Å². The lowest BCUT2D eigenvalue weighted by Crippen LogP contribution is -2.01. The highest BCUT2D eigenvalue weighted by Crippen LogP contribution is 2.36. The fourth-order valence-corrected chi connectivity index (χ4v) is 2.84. The molecule has 0 unspecified atom stereocenters. The average molecular weight is 305 g/mol. The minimum atomic E-state index is 0.227. The summed E-state index contributed by atoms with van der Waals surface area (Å²) in [6.07, 6.45) is 2.61. The highest BCUT2D eigenvalue weighted by Gasteiger charge is 2.15. The summed E-state index contributed by atoms with van der Waals surface area (Å²) < 4.78 is 0. The van der Waals surface area contributed by atoms with E-state index in [2.05, 4.69) is 11.9 Å². The molecule has 0 aliphatic heterocycles. The zero-order chi connectivity index (χ0) is 16.4. The highest BCUT2D eigenvalue weighted by molar-refractivity contribution is 5.84. The van der Waals surface area contributed by atoms with Gasteiger partial charge >= 0.3 is 0 Å². The van der Waals surface area contributed by atoms with Gasteiger partial charge in [0.1, 0.15) is 11.6 Å². The molecular weight excluding hydrogens is 286 g/mol. The van der Waals surface area contributed by atoms with Gasteiger partial charge < -0.3 is 16.6 Å². The van der Waals surface area contributed by atoms with E-state index in [1.54, 1.807) is 18.3 Å². The maximum atomic E-state index is 9.50. The second-order valence-corrected chi connectivity index (χ2v) is 5.44. The molecule has 1 heterocycles. The first-order valence-corrected chi connectivity index (χ1v) is 7.52. The first-order valence-electron chi connectivity index (χ1n) is 7.52. The summed E-state index contributed by atoms with van der Waals surface area (Å²) in [5.41, 5.74) is 17.8. The van der Waals surface area contributed by atoms with Crippen LogP contribution in [0.4, 0.5) is 11.5 Å². The fraction of sp³-hybridized carbons (Fsp3) is 0.105. The largest absolute Gasteiger partial charge is 0.508 e. The molecule has 0 amide bonds. The van der Waals surface area contributed by atoms with Gasteiger partial charge in [-0.2, -0.15) is 0 Å². The van der Waals surface area contributed by atoms with E-state index in [0.29, 0.717) is 11.5 Å². The Balaban J connectivity index is 2.24. The van der Waals surface area contributed by atoms with Crippen molar-refractivity contribution >= 4 is 11.5 Å². The van der Waals surface area contributed by atoms with Crippen LogP contribution in [0.25, 0.3) is 22.3 Å². The minimum Gasteiger partial charge on any atom is -0.508 e. The van der Waals surface area contributed by atoms with Crippen molar-refractivity contribution in [1.29, 1.82) is 0 Å². The van der Waals surface area contributed by atoms with Gasteiger partial charge in [-0.15, -0.1) is 0 Å². The van der Waals surface area contributed by atoms with Crippen molar-refractivity contribution in [3.8, 4) is 28.0 Å². The first kappa shape index (κ1) is 14.9. The Bertz CT molecular complexity index is 842. The zero-order valence-corrected chi connectivity index (χ0v) is 13.0. The molecule has 3 aromatic rings. The van der Waals surface area contributed by atoms with Crippen LogP contribution < -0.4 is 11.5 Å². The lowest BCUT2D eigenvalue weighted by atomic mass is 9.92. The predicted octanol–water partition coefficient (Wildman–Crippen LogP) is 3.85. The second kappa shape index (κ2) is 6.01. The van der Waals surface area contributed by atoms with Crippen LogP contribution in [-0.2, 0) is 6.42 Å². The standard InChI is InChI=1S/C19H19N3O/c1-2-16-17(13-4-3-5-14(20)10-13)11-22-19(21)18(16)12-6-8-15(23)9-7-12/h3-11,23H,2,20H2,1H3,(H2,21,22). The molecule has 4 nitrogen and oxygen atoms in total. The molecular formula is C19H19N3O. The van der Waals surface area contributed by atoms with Gasteiger partial charge in [0, 0.05) is 23.0 Å². The molecule has 0 radical (unpaired) electrons. The van der Waals surface area contributed by atoms with Gasteiger partial charge in [0.05, 0.1) is 0 Å². The molecule has 0 aliphatic rings. The summed E-state index contributed by atoms with van der Waals surface area (Å²) >= 11 is 0. The summed E-state index contributed by atoms with van der Waals surface area (Å²) in [6.45, 7) is 2.09. The van der Waals surface area contributed by atoms with E-state index in [9.17, 15) is 5.11 Å². The number of phenolic OH excluding ortho intramolecular Hbond substituents is 1. The maximum absolute atomic E-state index is 9.50. The quantitative estimate of drug-likeness (QED) is 0.642. The van der Waals surface area contributed by atoms with Crippen LogP contribution in [0.3, 0.4) is 0 Å². The number of rotatable bonds is 3. The van der Waals surface area contributed by atoms with Gasteiger partial charge in [0.15, 0.2) is 0 Å². The number of anilines is 2. The SMILES string of the molecule is CCc1c(-c2cccc(N)c2)cnc(N)c1-c1ccc(O)cc1. The number of phenols is 1. The van der Waals surface area contributed by atoms with Gasteiger partial charge in [0.25, 0.3) is 0 Å². The molecule has 5 N–H and O–H groups in total. The van der Waals surface area contributed by atoms with Gasteiger partial charge in [-0.25, -0.2) is 4.98 Å². The van der Waals surface area contributed by atoms with Crippen LogP contribution in [0.15, 0.2) is 54.7 Å². The van der Waals surface area contributed by atoms with E-state index in [0.717, 1.165) is 34.2 Å². The van der Waals surface area contributed by atoms with Crippen molar-refractivity contribution in [1.82, 2.24) is 4.98 Å². The third kappa shape index (κ3) is 2.83. The maximum Gasteiger partial charge on any atom is 0.131 e. The number of hydrogen-bond donors (Lipinski definition) is 3. The summed E-state index contributed by atoms with van der Waals surface area (Å²) in [7, 11) is 0. The number of benzene rings is 2. The average Bonchev–Trinajstić information content (AvgIpc) is 2.55. The molecule has 0 saturated carbocycles. The molecule has 0 spiro atoms. The Labute approximate surface area is 135 Å². The molecule has 0 fully saturated rings. The lowest BCUT2D eigenvalue weighted by Gasteiger charge is -2.16. The van der Waals surface area contributed by atoms with Crippen molar-refractivity contribution < 1.29 is 5.11 Å². The molecule has 2 aromatic carbocycles. The molecule has 0 saturated heterocycles. The topological polar surface area (TPSA) is 85.2 Å². The van der Waals surface area contributed by atoms with Gasteiger partial charge in [-0.1, -0.05) is 31.2 Å². The van der Waals surface area contributed by atoms with E-state index in [1.165, 1.54) is 0 Å². The Kier molecular flexibility index (Phi) is 3.89. The summed E-state index contributed by atoms with van der Waals surface area (Å²) in [5.74, 6) is 0.713. The Morgan fingerprint density at radius 3 is 2.39 bits per heavy atom.